The van der Waals surface area contributed by atoms with Crippen molar-refractivity contribution in [3.63, 3.8) is 0 Å². The second-order valence-electron chi connectivity index (χ2n) is 4.37. The number of phenols is 1. The molecule has 0 aromatic heterocycles. The molecule has 0 saturated heterocycles. The molecule has 1 atom stereocenters. The lowest BCUT2D eigenvalue weighted by molar-refractivity contribution is -0.122. The number of phenolic OH excluding ortho intramolecular Hbond substituents is 1. The summed E-state index contributed by atoms with van der Waals surface area (Å²) in [5.41, 5.74) is -0.0284. The SMILES string of the molecule is CC(Oc1cccc(Cl)c1)C(=O)Nc1ccc(O)cc1F. The third-order valence-electron chi connectivity index (χ3n) is 2.69. The minimum atomic E-state index is -0.836. The van der Waals surface area contributed by atoms with Gasteiger partial charge in [0, 0.05) is 11.1 Å². The first-order chi connectivity index (χ1) is 9.95. The monoisotopic (exact) mass is 309 g/mol. The fourth-order valence-corrected chi connectivity index (χ4v) is 1.82. The van der Waals surface area contributed by atoms with Crippen molar-refractivity contribution in [2.24, 2.45) is 0 Å². The average Bonchev–Trinajstić information content (AvgIpc) is 2.41. The maximum absolute atomic E-state index is 13.5. The molecule has 0 spiro atoms. The molecule has 2 aromatic carbocycles. The Kier molecular flexibility index (Phi) is 4.65. The quantitative estimate of drug-likeness (QED) is 0.849. The molecule has 110 valence electrons. The number of carbonyl (C=O) groups is 1. The lowest BCUT2D eigenvalue weighted by Crippen LogP contribution is -2.30. The fourth-order valence-electron chi connectivity index (χ4n) is 1.64. The number of rotatable bonds is 4. The maximum Gasteiger partial charge on any atom is 0.265 e. The highest BCUT2D eigenvalue weighted by molar-refractivity contribution is 6.30. The number of ether oxygens (including phenoxy) is 1. The third kappa shape index (κ3) is 4.10. The Morgan fingerprint density at radius 2 is 2.10 bits per heavy atom. The van der Waals surface area contributed by atoms with Crippen molar-refractivity contribution in [2.45, 2.75) is 13.0 Å². The van der Waals surface area contributed by atoms with Gasteiger partial charge in [0.15, 0.2) is 6.10 Å². The Bertz CT molecular complexity index is 663. The second-order valence-corrected chi connectivity index (χ2v) is 4.81. The summed E-state index contributed by atoms with van der Waals surface area (Å²) in [4.78, 5) is 11.9. The summed E-state index contributed by atoms with van der Waals surface area (Å²) in [6.07, 6.45) is -0.836. The summed E-state index contributed by atoms with van der Waals surface area (Å²) < 4.78 is 18.9. The number of halogens is 2. The second kappa shape index (κ2) is 6.45. The fraction of sp³-hybridized carbons (Fsp3) is 0.133. The zero-order valence-corrected chi connectivity index (χ0v) is 11.9. The van der Waals surface area contributed by atoms with Crippen LogP contribution in [0.2, 0.25) is 5.02 Å². The van der Waals surface area contributed by atoms with Crippen LogP contribution in [-0.4, -0.2) is 17.1 Å². The first kappa shape index (κ1) is 15.1. The molecule has 1 unspecified atom stereocenters. The van der Waals surface area contributed by atoms with Crippen LogP contribution < -0.4 is 10.1 Å². The van der Waals surface area contributed by atoms with E-state index in [0.717, 1.165) is 6.07 Å². The van der Waals surface area contributed by atoms with E-state index in [2.05, 4.69) is 5.32 Å². The van der Waals surface area contributed by atoms with Gasteiger partial charge in [-0.05, 0) is 37.3 Å². The van der Waals surface area contributed by atoms with E-state index in [1.807, 2.05) is 0 Å². The van der Waals surface area contributed by atoms with Crippen molar-refractivity contribution in [2.75, 3.05) is 5.32 Å². The minimum absolute atomic E-state index is 0.0284. The molecule has 0 aliphatic heterocycles. The number of amides is 1. The Hall–Kier alpha value is -2.27. The van der Waals surface area contributed by atoms with Crippen molar-refractivity contribution in [1.82, 2.24) is 0 Å². The Balaban J connectivity index is 2.02. The highest BCUT2D eigenvalue weighted by atomic mass is 35.5. The van der Waals surface area contributed by atoms with Gasteiger partial charge >= 0.3 is 0 Å². The smallest absolute Gasteiger partial charge is 0.265 e. The number of benzene rings is 2. The Labute approximate surface area is 126 Å². The number of hydrogen-bond donors (Lipinski definition) is 2. The lowest BCUT2D eigenvalue weighted by atomic mass is 10.2. The molecule has 0 heterocycles. The van der Waals surface area contributed by atoms with Crippen LogP contribution in [0.15, 0.2) is 42.5 Å². The van der Waals surface area contributed by atoms with E-state index in [-0.39, 0.29) is 11.4 Å². The molecule has 0 aliphatic rings. The summed E-state index contributed by atoms with van der Waals surface area (Å²) in [6, 6.07) is 10.1. The Morgan fingerprint density at radius 1 is 1.33 bits per heavy atom. The molecule has 4 nitrogen and oxygen atoms in total. The van der Waals surface area contributed by atoms with Crippen LogP contribution in [0, 0.1) is 5.82 Å². The van der Waals surface area contributed by atoms with Gasteiger partial charge in [0.05, 0.1) is 5.69 Å². The number of hydrogen-bond acceptors (Lipinski definition) is 3. The molecule has 0 fully saturated rings. The topological polar surface area (TPSA) is 58.6 Å². The van der Waals surface area contributed by atoms with Crippen molar-refractivity contribution >= 4 is 23.2 Å². The number of nitrogens with one attached hydrogen (secondary N) is 1. The van der Waals surface area contributed by atoms with Crippen LogP contribution in [0.25, 0.3) is 0 Å². The molecule has 2 aromatic rings. The third-order valence-corrected chi connectivity index (χ3v) is 2.92. The maximum atomic E-state index is 13.5. The summed E-state index contributed by atoms with van der Waals surface area (Å²) in [5, 5.41) is 12.0. The average molecular weight is 310 g/mol. The van der Waals surface area contributed by atoms with Crippen LogP contribution in [0.4, 0.5) is 10.1 Å². The van der Waals surface area contributed by atoms with Crippen LogP contribution in [-0.2, 0) is 4.79 Å². The first-order valence-electron chi connectivity index (χ1n) is 6.17. The molecule has 2 N–H and O–H groups in total. The van der Waals surface area contributed by atoms with Gasteiger partial charge in [-0.15, -0.1) is 0 Å². The first-order valence-corrected chi connectivity index (χ1v) is 6.55. The van der Waals surface area contributed by atoms with E-state index in [9.17, 15) is 9.18 Å². The summed E-state index contributed by atoms with van der Waals surface area (Å²) in [6.45, 7) is 1.54. The van der Waals surface area contributed by atoms with E-state index < -0.39 is 17.8 Å². The van der Waals surface area contributed by atoms with Gasteiger partial charge in [-0.3, -0.25) is 4.79 Å². The zero-order chi connectivity index (χ0) is 15.4. The van der Waals surface area contributed by atoms with Gasteiger partial charge in [-0.25, -0.2) is 4.39 Å². The van der Waals surface area contributed by atoms with E-state index in [1.165, 1.54) is 19.1 Å². The predicted octanol–water partition coefficient (Wildman–Crippen LogP) is 3.59. The highest BCUT2D eigenvalue weighted by Gasteiger charge is 2.16. The molecule has 6 heteroatoms. The number of aromatic hydroxyl groups is 1. The van der Waals surface area contributed by atoms with Gasteiger partial charge in [-0.2, -0.15) is 0 Å². The minimum Gasteiger partial charge on any atom is -0.508 e. The molecule has 21 heavy (non-hydrogen) atoms. The Morgan fingerprint density at radius 3 is 2.76 bits per heavy atom. The predicted molar refractivity (Wildman–Crippen MR) is 78.2 cm³/mol. The van der Waals surface area contributed by atoms with Crippen LogP contribution >= 0.6 is 11.6 Å². The molecule has 0 bridgehead atoms. The molecular weight excluding hydrogens is 297 g/mol. The van der Waals surface area contributed by atoms with Gasteiger partial charge in [0.2, 0.25) is 0 Å². The molecule has 1 amide bonds. The van der Waals surface area contributed by atoms with Crippen LogP contribution in [0.3, 0.4) is 0 Å². The van der Waals surface area contributed by atoms with E-state index in [1.54, 1.807) is 24.3 Å². The van der Waals surface area contributed by atoms with Gasteiger partial charge < -0.3 is 15.2 Å². The van der Waals surface area contributed by atoms with Crippen LogP contribution in [0.1, 0.15) is 6.92 Å². The summed E-state index contributed by atoms with van der Waals surface area (Å²) >= 11 is 5.82. The van der Waals surface area contributed by atoms with Gasteiger partial charge in [0.25, 0.3) is 5.91 Å². The van der Waals surface area contributed by atoms with Gasteiger partial charge in [0.1, 0.15) is 17.3 Å². The van der Waals surface area contributed by atoms with Crippen molar-refractivity contribution < 1.29 is 19.0 Å². The lowest BCUT2D eigenvalue weighted by Gasteiger charge is -2.15. The van der Waals surface area contributed by atoms with Gasteiger partial charge in [-0.1, -0.05) is 17.7 Å². The van der Waals surface area contributed by atoms with E-state index in [0.29, 0.717) is 10.8 Å². The van der Waals surface area contributed by atoms with Crippen LogP contribution in [0.5, 0.6) is 11.5 Å². The molecule has 0 radical (unpaired) electrons. The summed E-state index contributed by atoms with van der Waals surface area (Å²) in [7, 11) is 0. The van der Waals surface area contributed by atoms with Crippen molar-refractivity contribution in [3.8, 4) is 11.5 Å². The zero-order valence-electron chi connectivity index (χ0n) is 11.1. The highest BCUT2D eigenvalue weighted by Crippen LogP contribution is 2.21. The standard InChI is InChI=1S/C15H13ClFNO3/c1-9(21-12-4-2-3-10(16)7-12)15(20)18-14-6-5-11(19)8-13(14)17/h2-9,19H,1H3,(H,18,20). The number of anilines is 1. The molecule has 0 saturated carbocycles. The van der Waals surface area contributed by atoms with Crippen molar-refractivity contribution in [1.29, 1.82) is 0 Å². The molecular formula is C15H13ClFNO3. The largest absolute Gasteiger partial charge is 0.508 e. The van der Waals surface area contributed by atoms with E-state index in [4.69, 9.17) is 21.4 Å². The summed E-state index contributed by atoms with van der Waals surface area (Å²) in [5.74, 6) is -1.01. The number of carbonyl (C=O) groups excluding carboxylic acids is 1. The molecule has 2 rings (SSSR count). The normalized spacial score (nSPS) is 11.8. The van der Waals surface area contributed by atoms with E-state index >= 15 is 0 Å². The molecule has 0 aliphatic carbocycles. The van der Waals surface area contributed by atoms with Crippen molar-refractivity contribution in [3.05, 3.63) is 53.3 Å².